The summed E-state index contributed by atoms with van der Waals surface area (Å²) in [6.45, 7) is 2.88. The van der Waals surface area contributed by atoms with Crippen LogP contribution in [0.2, 0.25) is 0 Å². The Balaban J connectivity index is 1.86. The van der Waals surface area contributed by atoms with Crippen LogP contribution in [0.5, 0.6) is 0 Å². The molecule has 1 aromatic carbocycles. The van der Waals surface area contributed by atoms with Gasteiger partial charge in [0.2, 0.25) is 0 Å². The standard InChI is InChI=1S/C16H18N2O2S/c1-11-7-8-18(14(9-11)15(19)20)16-17-13(10-21-16)12-5-3-2-4-6-12/h2-6,10-11,14H,7-9H2,1H3,(H,19,20). The Labute approximate surface area is 128 Å². The highest BCUT2D eigenvalue weighted by Crippen LogP contribution is 2.33. The van der Waals surface area contributed by atoms with Gasteiger partial charge in [-0.3, -0.25) is 0 Å². The first kappa shape index (κ1) is 14.1. The lowest BCUT2D eigenvalue weighted by atomic mass is 9.93. The summed E-state index contributed by atoms with van der Waals surface area (Å²) in [6.07, 6.45) is 1.71. The second kappa shape index (κ2) is 5.85. The van der Waals surface area contributed by atoms with Gasteiger partial charge in [0.05, 0.1) is 5.69 Å². The van der Waals surface area contributed by atoms with Crippen LogP contribution in [-0.2, 0) is 4.79 Å². The van der Waals surface area contributed by atoms with E-state index in [0.29, 0.717) is 12.3 Å². The minimum Gasteiger partial charge on any atom is -0.480 e. The number of nitrogens with zero attached hydrogens (tertiary/aromatic N) is 2. The molecule has 0 spiro atoms. The quantitative estimate of drug-likeness (QED) is 0.943. The fraction of sp³-hybridized carbons (Fsp3) is 0.375. The summed E-state index contributed by atoms with van der Waals surface area (Å²) in [6, 6.07) is 9.53. The zero-order chi connectivity index (χ0) is 14.8. The fourth-order valence-electron chi connectivity index (χ4n) is 2.74. The van der Waals surface area contributed by atoms with Crippen molar-refractivity contribution < 1.29 is 9.90 Å². The molecular weight excluding hydrogens is 284 g/mol. The molecule has 0 saturated carbocycles. The summed E-state index contributed by atoms with van der Waals surface area (Å²) in [4.78, 5) is 18.1. The number of benzene rings is 1. The first-order valence-electron chi connectivity index (χ1n) is 7.15. The Morgan fingerprint density at radius 1 is 1.38 bits per heavy atom. The third kappa shape index (κ3) is 2.93. The molecule has 2 aromatic rings. The second-order valence-electron chi connectivity index (χ2n) is 5.56. The van der Waals surface area contributed by atoms with E-state index in [2.05, 4.69) is 11.9 Å². The molecule has 1 saturated heterocycles. The number of thiazole rings is 1. The molecule has 1 N–H and O–H groups in total. The predicted octanol–water partition coefficient (Wildman–Crippen LogP) is 3.50. The van der Waals surface area contributed by atoms with Crippen LogP contribution in [-0.4, -0.2) is 28.6 Å². The van der Waals surface area contributed by atoms with Crippen molar-refractivity contribution in [1.29, 1.82) is 0 Å². The lowest BCUT2D eigenvalue weighted by Crippen LogP contribution is -2.46. The molecule has 3 rings (SSSR count). The number of aromatic nitrogens is 1. The maximum absolute atomic E-state index is 11.5. The van der Waals surface area contributed by atoms with Crippen LogP contribution in [0.4, 0.5) is 5.13 Å². The Bertz CT molecular complexity index is 626. The molecule has 0 aliphatic carbocycles. The SMILES string of the molecule is CC1CCN(c2nc(-c3ccccc3)cs2)C(C(=O)O)C1. The molecule has 21 heavy (non-hydrogen) atoms. The smallest absolute Gasteiger partial charge is 0.326 e. The topological polar surface area (TPSA) is 53.4 Å². The number of aliphatic carboxylic acids is 1. The summed E-state index contributed by atoms with van der Waals surface area (Å²) >= 11 is 1.52. The summed E-state index contributed by atoms with van der Waals surface area (Å²) in [5.74, 6) is -0.297. The normalized spacial score (nSPS) is 22.2. The van der Waals surface area contributed by atoms with E-state index in [4.69, 9.17) is 0 Å². The van der Waals surface area contributed by atoms with Crippen LogP contribution in [0.15, 0.2) is 35.7 Å². The van der Waals surface area contributed by atoms with E-state index >= 15 is 0 Å². The molecule has 5 heteroatoms. The van der Waals surface area contributed by atoms with Gasteiger partial charge in [0, 0.05) is 17.5 Å². The molecule has 110 valence electrons. The van der Waals surface area contributed by atoms with E-state index in [1.807, 2.05) is 40.6 Å². The first-order chi connectivity index (χ1) is 10.1. The van der Waals surface area contributed by atoms with E-state index in [9.17, 15) is 9.90 Å². The molecule has 4 nitrogen and oxygen atoms in total. The average Bonchev–Trinajstić information content (AvgIpc) is 2.97. The van der Waals surface area contributed by atoms with E-state index in [-0.39, 0.29) is 0 Å². The van der Waals surface area contributed by atoms with Crippen molar-refractivity contribution >= 4 is 22.4 Å². The maximum atomic E-state index is 11.5. The van der Waals surface area contributed by atoms with Gasteiger partial charge in [-0.1, -0.05) is 37.3 Å². The highest BCUT2D eigenvalue weighted by Gasteiger charge is 2.33. The van der Waals surface area contributed by atoms with Gasteiger partial charge in [-0.2, -0.15) is 0 Å². The summed E-state index contributed by atoms with van der Waals surface area (Å²) < 4.78 is 0. The number of hydrogen-bond donors (Lipinski definition) is 1. The van der Waals surface area contributed by atoms with Crippen LogP contribution in [0, 0.1) is 5.92 Å². The lowest BCUT2D eigenvalue weighted by Gasteiger charge is -2.35. The van der Waals surface area contributed by atoms with E-state index < -0.39 is 12.0 Å². The van der Waals surface area contributed by atoms with Gasteiger partial charge >= 0.3 is 5.97 Å². The summed E-state index contributed by atoms with van der Waals surface area (Å²) in [7, 11) is 0. The number of hydrogen-bond acceptors (Lipinski definition) is 4. The highest BCUT2D eigenvalue weighted by molar-refractivity contribution is 7.14. The minimum absolute atomic E-state index is 0.455. The van der Waals surface area contributed by atoms with Crippen LogP contribution in [0.1, 0.15) is 19.8 Å². The number of piperidine rings is 1. The van der Waals surface area contributed by atoms with Crippen LogP contribution < -0.4 is 4.90 Å². The van der Waals surface area contributed by atoms with E-state index in [1.165, 1.54) is 11.3 Å². The van der Waals surface area contributed by atoms with Crippen molar-refractivity contribution in [1.82, 2.24) is 4.98 Å². The molecule has 2 atom stereocenters. The number of carboxylic acid groups (broad SMARTS) is 1. The van der Waals surface area contributed by atoms with Crippen molar-refractivity contribution in [2.75, 3.05) is 11.4 Å². The second-order valence-corrected chi connectivity index (χ2v) is 6.39. The summed E-state index contributed by atoms with van der Waals surface area (Å²) in [5, 5.41) is 12.3. The number of carbonyl (C=O) groups is 1. The zero-order valence-corrected chi connectivity index (χ0v) is 12.7. The third-order valence-corrected chi connectivity index (χ3v) is 4.83. The monoisotopic (exact) mass is 302 g/mol. The van der Waals surface area contributed by atoms with Gasteiger partial charge in [-0.25, -0.2) is 9.78 Å². The first-order valence-corrected chi connectivity index (χ1v) is 8.03. The van der Waals surface area contributed by atoms with E-state index in [0.717, 1.165) is 29.4 Å². The molecule has 0 radical (unpaired) electrons. The molecule has 0 bridgehead atoms. The van der Waals surface area contributed by atoms with Gasteiger partial charge in [-0.05, 0) is 18.8 Å². The Morgan fingerprint density at radius 2 is 2.14 bits per heavy atom. The zero-order valence-electron chi connectivity index (χ0n) is 11.9. The molecule has 2 unspecified atom stereocenters. The van der Waals surface area contributed by atoms with Crippen LogP contribution >= 0.6 is 11.3 Å². The van der Waals surface area contributed by atoms with Gasteiger partial charge in [0.25, 0.3) is 0 Å². The molecule has 1 aliphatic heterocycles. The average molecular weight is 302 g/mol. The Hall–Kier alpha value is -1.88. The number of rotatable bonds is 3. The van der Waals surface area contributed by atoms with Crippen LogP contribution in [0.25, 0.3) is 11.3 Å². The largest absolute Gasteiger partial charge is 0.480 e. The van der Waals surface area contributed by atoms with E-state index in [1.54, 1.807) is 0 Å². The predicted molar refractivity (Wildman–Crippen MR) is 84.7 cm³/mol. The molecule has 1 aromatic heterocycles. The minimum atomic E-state index is -0.752. The Morgan fingerprint density at radius 3 is 2.86 bits per heavy atom. The van der Waals surface area contributed by atoms with Crippen molar-refractivity contribution in [2.24, 2.45) is 5.92 Å². The maximum Gasteiger partial charge on any atom is 0.326 e. The van der Waals surface area contributed by atoms with Gasteiger partial charge < -0.3 is 10.0 Å². The number of carboxylic acids is 1. The molecule has 1 fully saturated rings. The van der Waals surface area contributed by atoms with Crippen molar-refractivity contribution in [3.63, 3.8) is 0 Å². The van der Waals surface area contributed by atoms with Crippen molar-refractivity contribution in [2.45, 2.75) is 25.8 Å². The Kier molecular flexibility index (Phi) is 3.92. The lowest BCUT2D eigenvalue weighted by molar-refractivity contribution is -0.139. The highest BCUT2D eigenvalue weighted by atomic mass is 32.1. The molecule has 1 aliphatic rings. The third-order valence-electron chi connectivity index (χ3n) is 3.96. The van der Waals surface area contributed by atoms with Gasteiger partial charge in [0.1, 0.15) is 6.04 Å². The number of anilines is 1. The van der Waals surface area contributed by atoms with Crippen molar-refractivity contribution in [3.05, 3.63) is 35.7 Å². The van der Waals surface area contributed by atoms with Gasteiger partial charge in [0.15, 0.2) is 5.13 Å². The molecular formula is C16H18N2O2S. The van der Waals surface area contributed by atoms with Gasteiger partial charge in [-0.15, -0.1) is 11.3 Å². The molecule has 0 amide bonds. The van der Waals surface area contributed by atoms with Crippen LogP contribution in [0.3, 0.4) is 0 Å². The molecule has 2 heterocycles. The fourth-order valence-corrected chi connectivity index (χ4v) is 3.65. The van der Waals surface area contributed by atoms with Crippen molar-refractivity contribution in [3.8, 4) is 11.3 Å². The summed E-state index contributed by atoms with van der Waals surface area (Å²) in [5.41, 5.74) is 1.98.